The number of methoxy groups -OCH3 is 2. The Labute approximate surface area is 244 Å². The lowest BCUT2D eigenvalue weighted by atomic mass is 9.90. The molecule has 2 unspecified atom stereocenters. The summed E-state index contributed by atoms with van der Waals surface area (Å²) >= 11 is 0. The van der Waals surface area contributed by atoms with Crippen LogP contribution in [0, 0.1) is 5.92 Å². The van der Waals surface area contributed by atoms with Gasteiger partial charge in [-0.15, -0.1) is 0 Å². The van der Waals surface area contributed by atoms with E-state index in [1.54, 1.807) is 25.1 Å². The van der Waals surface area contributed by atoms with Crippen LogP contribution in [-0.4, -0.2) is 79.0 Å². The van der Waals surface area contributed by atoms with Crippen LogP contribution in [0.1, 0.15) is 66.8 Å². The smallest absolute Gasteiger partial charge is 0.343 e. The standard InChI is InChI=1S/C29H38N4O9/c1-5-7-8-10-22(25(6-2)33(39)18-34)27(36)30-17-31-28(37)24-12-9-11-23(32-24)19-13-20(29(38)41-4)15-21(14-19)42-16-26(35)40-3/h9,11-15,18,22,25,39H,5-8,10,16-17H2,1-4H3,(H,30,36)(H,31,37). The SMILES string of the molecule is CCCCCC(C(=O)NCNC(=O)c1cccc(-c2cc(OCC(=O)OC)cc(C(=O)OC)c2)n1)C(CC)N(O)C=O. The van der Waals surface area contributed by atoms with E-state index in [2.05, 4.69) is 20.4 Å². The van der Waals surface area contributed by atoms with Crippen LogP contribution in [0.3, 0.4) is 0 Å². The van der Waals surface area contributed by atoms with Gasteiger partial charge >= 0.3 is 11.9 Å². The second-order valence-electron chi connectivity index (χ2n) is 9.30. The van der Waals surface area contributed by atoms with E-state index in [4.69, 9.17) is 9.47 Å². The van der Waals surface area contributed by atoms with E-state index in [1.807, 2.05) is 6.92 Å². The number of rotatable bonds is 17. The Kier molecular flexibility index (Phi) is 13.9. The van der Waals surface area contributed by atoms with Gasteiger partial charge in [-0.1, -0.05) is 39.2 Å². The van der Waals surface area contributed by atoms with E-state index in [1.165, 1.54) is 32.4 Å². The Balaban J connectivity index is 2.17. The highest BCUT2D eigenvalue weighted by molar-refractivity contribution is 5.94. The van der Waals surface area contributed by atoms with Crippen LogP contribution < -0.4 is 15.4 Å². The highest BCUT2D eigenvalue weighted by Gasteiger charge is 2.30. The Bertz CT molecular complexity index is 1240. The van der Waals surface area contributed by atoms with Crippen molar-refractivity contribution in [2.75, 3.05) is 27.5 Å². The molecule has 3 amide bonds. The van der Waals surface area contributed by atoms with Crippen LogP contribution in [0.5, 0.6) is 5.75 Å². The van der Waals surface area contributed by atoms with E-state index >= 15 is 0 Å². The van der Waals surface area contributed by atoms with Crippen LogP contribution in [0.4, 0.5) is 0 Å². The van der Waals surface area contributed by atoms with Crippen molar-refractivity contribution in [2.45, 2.75) is 52.0 Å². The number of pyridine rings is 1. The number of hydroxylamine groups is 2. The van der Waals surface area contributed by atoms with Crippen LogP contribution in [0.15, 0.2) is 36.4 Å². The monoisotopic (exact) mass is 586 g/mol. The molecule has 0 radical (unpaired) electrons. The molecule has 2 rings (SSSR count). The van der Waals surface area contributed by atoms with Crippen molar-refractivity contribution < 1.29 is 43.4 Å². The third kappa shape index (κ3) is 9.84. The molecule has 13 nitrogen and oxygen atoms in total. The Morgan fingerprint density at radius 2 is 1.81 bits per heavy atom. The molecule has 42 heavy (non-hydrogen) atoms. The second-order valence-corrected chi connectivity index (χ2v) is 9.30. The summed E-state index contributed by atoms with van der Waals surface area (Å²) in [6.45, 7) is 3.21. The third-order valence-electron chi connectivity index (χ3n) is 6.49. The van der Waals surface area contributed by atoms with Gasteiger partial charge in [0.2, 0.25) is 12.3 Å². The van der Waals surface area contributed by atoms with Crippen molar-refractivity contribution in [2.24, 2.45) is 5.92 Å². The number of hydrogen-bond donors (Lipinski definition) is 3. The van der Waals surface area contributed by atoms with Gasteiger partial charge in [0.05, 0.1) is 44.1 Å². The van der Waals surface area contributed by atoms with Gasteiger partial charge in [0.15, 0.2) is 6.61 Å². The second kappa shape index (κ2) is 17.3. The fourth-order valence-electron chi connectivity index (χ4n) is 4.27. The Morgan fingerprint density at radius 3 is 2.45 bits per heavy atom. The van der Waals surface area contributed by atoms with Crippen molar-refractivity contribution in [1.29, 1.82) is 0 Å². The van der Waals surface area contributed by atoms with Gasteiger partial charge in [-0.2, -0.15) is 0 Å². The number of esters is 2. The van der Waals surface area contributed by atoms with Crippen LogP contribution in [-0.2, 0) is 23.9 Å². The molecule has 1 heterocycles. The highest BCUT2D eigenvalue weighted by atomic mass is 16.6. The summed E-state index contributed by atoms with van der Waals surface area (Å²) in [6, 6.07) is 8.46. The number of nitrogens with zero attached hydrogens (tertiary/aromatic N) is 2. The molecule has 1 aromatic carbocycles. The molecule has 1 aromatic heterocycles. The zero-order valence-electron chi connectivity index (χ0n) is 24.3. The molecule has 13 heteroatoms. The van der Waals surface area contributed by atoms with E-state index < -0.39 is 35.7 Å². The molecular weight excluding hydrogens is 548 g/mol. The lowest BCUT2D eigenvalue weighted by molar-refractivity contribution is -0.168. The molecular formula is C29H38N4O9. The molecule has 2 atom stereocenters. The fourth-order valence-corrected chi connectivity index (χ4v) is 4.27. The zero-order chi connectivity index (χ0) is 31.1. The molecule has 0 bridgehead atoms. The summed E-state index contributed by atoms with van der Waals surface area (Å²) in [4.78, 5) is 65.1. The van der Waals surface area contributed by atoms with Crippen molar-refractivity contribution in [3.05, 3.63) is 47.7 Å². The third-order valence-corrected chi connectivity index (χ3v) is 6.49. The number of carbonyl (C=O) groups excluding carboxylic acids is 5. The number of nitrogens with one attached hydrogen (secondary N) is 2. The van der Waals surface area contributed by atoms with Gasteiger partial charge < -0.3 is 24.8 Å². The van der Waals surface area contributed by atoms with E-state index in [9.17, 15) is 29.2 Å². The number of benzene rings is 1. The lowest BCUT2D eigenvalue weighted by Crippen LogP contribution is -2.47. The summed E-state index contributed by atoms with van der Waals surface area (Å²) in [5.74, 6) is -2.70. The minimum Gasteiger partial charge on any atom is -0.482 e. The maximum atomic E-state index is 13.0. The molecule has 2 aromatic rings. The first-order valence-corrected chi connectivity index (χ1v) is 13.6. The molecule has 0 saturated carbocycles. The Morgan fingerprint density at radius 1 is 1.05 bits per heavy atom. The summed E-state index contributed by atoms with van der Waals surface area (Å²) in [7, 11) is 2.45. The number of ether oxygens (including phenoxy) is 3. The zero-order valence-corrected chi connectivity index (χ0v) is 24.3. The average molecular weight is 587 g/mol. The van der Waals surface area contributed by atoms with Crippen molar-refractivity contribution in [3.8, 4) is 17.0 Å². The maximum Gasteiger partial charge on any atom is 0.343 e. The van der Waals surface area contributed by atoms with Crippen molar-refractivity contribution >= 4 is 30.2 Å². The number of carbonyl (C=O) groups is 5. The number of amides is 3. The van der Waals surface area contributed by atoms with E-state index in [0.717, 1.165) is 19.3 Å². The molecule has 0 spiro atoms. The topological polar surface area (TPSA) is 173 Å². The average Bonchev–Trinajstić information content (AvgIpc) is 3.02. The minimum absolute atomic E-state index is 0.0377. The minimum atomic E-state index is -0.698. The quantitative estimate of drug-likeness (QED) is 0.0624. The molecule has 0 aliphatic carbocycles. The lowest BCUT2D eigenvalue weighted by Gasteiger charge is -2.29. The first-order chi connectivity index (χ1) is 20.2. The predicted molar refractivity (Wildman–Crippen MR) is 150 cm³/mol. The largest absolute Gasteiger partial charge is 0.482 e. The molecule has 0 aliphatic heterocycles. The number of unbranched alkanes of at least 4 members (excludes halogenated alkanes) is 2. The van der Waals surface area contributed by atoms with Crippen molar-refractivity contribution in [3.63, 3.8) is 0 Å². The maximum absolute atomic E-state index is 13.0. The van der Waals surface area contributed by atoms with E-state index in [-0.39, 0.29) is 36.7 Å². The van der Waals surface area contributed by atoms with Gasteiger partial charge in [0, 0.05) is 5.56 Å². The van der Waals surface area contributed by atoms with Gasteiger partial charge in [-0.05, 0) is 43.2 Å². The van der Waals surface area contributed by atoms with E-state index in [0.29, 0.717) is 29.2 Å². The van der Waals surface area contributed by atoms with Gasteiger partial charge in [-0.3, -0.25) is 19.6 Å². The van der Waals surface area contributed by atoms with Gasteiger partial charge in [0.1, 0.15) is 11.4 Å². The number of hydrogen-bond acceptors (Lipinski definition) is 10. The first kappa shape index (κ1) is 33.7. The van der Waals surface area contributed by atoms with Crippen molar-refractivity contribution in [1.82, 2.24) is 20.7 Å². The molecule has 0 aliphatic rings. The summed E-state index contributed by atoms with van der Waals surface area (Å²) in [5.41, 5.74) is 0.934. The first-order valence-electron chi connectivity index (χ1n) is 13.6. The van der Waals surface area contributed by atoms with Crippen LogP contribution >= 0.6 is 0 Å². The highest BCUT2D eigenvalue weighted by Crippen LogP contribution is 2.26. The molecule has 0 saturated heterocycles. The van der Waals surface area contributed by atoms with Crippen LogP contribution in [0.2, 0.25) is 0 Å². The van der Waals surface area contributed by atoms with Gasteiger partial charge in [-0.25, -0.2) is 19.6 Å². The normalized spacial score (nSPS) is 11.9. The molecule has 0 fully saturated rings. The summed E-state index contributed by atoms with van der Waals surface area (Å²) in [6.07, 6.45) is 3.70. The number of aromatic nitrogens is 1. The van der Waals surface area contributed by atoms with Crippen LogP contribution in [0.25, 0.3) is 11.3 Å². The fraction of sp³-hybridized carbons (Fsp3) is 0.448. The summed E-state index contributed by atoms with van der Waals surface area (Å²) < 4.78 is 14.8. The molecule has 3 N–H and O–H groups in total. The van der Waals surface area contributed by atoms with Gasteiger partial charge in [0.25, 0.3) is 5.91 Å². The molecule has 228 valence electrons. The Hall–Kier alpha value is -4.52. The summed E-state index contributed by atoms with van der Waals surface area (Å²) in [5, 5.41) is 15.7. The predicted octanol–water partition coefficient (Wildman–Crippen LogP) is 2.71.